The molecule has 0 aromatic carbocycles. The maximum Gasteiger partial charge on any atom is 0.227 e. The van der Waals surface area contributed by atoms with Crippen LogP contribution in [-0.2, 0) is 0 Å². The van der Waals surface area contributed by atoms with Gasteiger partial charge in [0.05, 0.1) is 18.4 Å². The second-order valence-electron chi connectivity index (χ2n) is 9.47. The van der Waals surface area contributed by atoms with Gasteiger partial charge < -0.3 is 20.4 Å². The van der Waals surface area contributed by atoms with E-state index >= 15 is 0 Å². The van der Waals surface area contributed by atoms with Gasteiger partial charge in [-0.1, -0.05) is 6.07 Å². The van der Waals surface area contributed by atoms with Gasteiger partial charge in [0, 0.05) is 55.4 Å². The first-order valence-corrected chi connectivity index (χ1v) is 12.8. The lowest BCUT2D eigenvalue weighted by molar-refractivity contribution is 0.290. The van der Waals surface area contributed by atoms with Gasteiger partial charge in [0.15, 0.2) is 22.6 Å². The summed E-state index contributed by atoms with van der Waals surface area (Å²) < 4.78 is 14.7. The molecule has 0 radical (unpaired) electrons. The number of aromatic nitrogens is 7. The van der Waals surface area contributed by atoms with Crippen LogP contribution in [0.15, 0.2) is 42.9 Å². The molecule has 11 nitrogen and oxygen atoms in total. The minimum absolute atomic E-state index is 0.0527. The number of rotatable bonds is 6. The summed E-state index contributed by atoms with van der Waals surface area (Å²) in [5.41, 5.74) is 2.82. The minimum Gasteiger partial charge on any atom is -0.356 e. The number of pyridine rings is 1. The second-order valence-corrected chi connectivity index (χ2v) is 9.85. The van der Waals surface area contributed by atoms with E-state index in [0.29, 0.717) is 22.7 Å². The Kier molecular flexibility index (Phi) is 7.18. The Labute approximate surface area is 225 Å². The largest absolute Gasteiger partial charge is 0.356 e. The van der Waals surface area contributed by atoms with Gasteiger partial charge in [0.1, 0.15) is 5.82 Å². The zero-order valence-corrected chi connectivity index (χ0v) is 22.5. The average Bonchev–Trinajstić information content (AvgIpc) is 3.51. The highest BCUT2D eigenvalue weighted by Crippen LogP contribution is 2.21. The number of anilines is 3. The number of aromatic amines is 1. The Morgan fingerprint density at radius 1 is 1.16 bits per heavy atom. The quantitative estimate of drug-likeness (QED) is 0.317. The van der Waals surface area contributed by atoms with Crippen molar-refractivity contribution in [3.05, 3.63) is 65.6 Å². The number of hydrogen-bond donors (Lipinski definition) is 3. The van der Waals surface area contributed by atoms with Crippen molar-refractivity contribution in [2.75, 3.05) is 29.9 Å². The van der Waals surface area contributed by atoms with Crippen LogP contribution < -0.4 is 15.5 Å². The van der Waals surface area contributed by atoms with Gasteiger partial charge in [-0.2, -0.15) is 15.2 Å². The Balaban J connectivity index is 1.19. The van der Waals surface area contributed by atoms with E-state index in [1.165, 1.54) is 10.9 Å². The first-order chi connectivity index (χ1) is 18.2. The van der Waals surface area contributed by atoms with Crippen LogP contribution in [0.2, 0.25) is 0 Å². The van der Waals surface area contributed by atoms with Gasteiger partial charge in [0.25, 0.3) is 0 Å². The normalized spacial score (nSPS) is 16.4. The molecule has 5 rings (SSSR count). The zero-order valence-electron chi connectivity index (χ0n) is 21.7. The lowest BCUT2D eigenvalue weighted by atomic mass is 10.1. The molecule has 4 aromatic heterocycles. The molecule has 2 atom stereocenters. The highest BCUT2D eigenvalue weighted by molar-refractivity contribution is 7.80. The van der Waals surface area contributed by atoms with Crippen molar-refractivity contribution < 1.29 is 4.39 Å². The molecule has 0 aliphatic carbocycles. The third-order valence-corrected chi connectivity index (χ3v) is 6.72. The number of halogens is 1. The van der Waals surface area contributed by atoms with Crippen molar-refractivity contribution in [3.8, 4) is 5.82 Å². The minimum atomic E-state index is -0.402. The van der Waals surface area contributed by atoms with Crippen LogP contribution in [0.25, 0.3) is 5.82 Å². The number of hydrogen-bond acceptors (Lipinski definition) is 8. The van der Waals surface area contributed by atoms with Crippen molar-refractivity contribution in [2.45, 2.75) is 39.8 Å². The molecule has 0 unspecified atom stereocenters. The van der Waals surface area contributed by atoms with Crippen molar-refractivity contribution in [3.63, 3.8) is 0 Å². The predicted molar refractivity (Wildman–Crippen MR) is 147 cm³/mol. The molecule has 5 heterocycles. The summed E-state index contributed by atoms with van der Waals surface area (Å²) in [7, 11) is 0. The summed E-state index contributed by atoms with van der Waals surface area (Å²) in [6.07, 6.45) is 4.20. The van der Waals surface area contributed by atoms with Crippen molar-refractivity contribution in [1.29, 1.82) is 0 Å². The maximum absolute atomic E-state index is 13.3. The topological polar surface area (TPSA) is 116 Å². The number of H-pyrrole nitrogens is 1. The molecule has 1 saturated heterocycles. The molecule has 3 N–H and O–H groups in total. The van der Waals surface area contributed by atoms with Crippen LogP contribution in [0.1, 0.15) is 36.8 Å². The lowest BCUT2D eigenvalue weighted by Gasteiger charge is -2.41. The molecule has 4 aromatic rings. The monoisotopic (exact) mass is 535 g/mol. The SMILES string of the molecule is Cc1cc(Nc2cc(C)[nH]n2)nc(N2CCN(C(=S)N[C@@H](C)c3ccc(-n4cc(F)cn4)nc3)[C@@H](C)C2)n1. The van der Waals surface area contributed by atoms with E-state index < -0.39 is 5.82 Å². The number of nitrogens with zero attached hydrogens (tertiary/aromatic N) is 8. The van der Waals surface area contributed by atoms with E-state index in [4.69, 9.17) is 17.2 Å². The number of piperazine rings is 1. The highest BCUT2D eigenvalue weighted by atomic mass is 32.1. The van der Waals surface area contributed by atoms with E-state index in [1.807, 2.05) is 45.0 Å². The second kappa shape index (κ2) is 10.7. The summed E-state index contributed by atoms with van der Waals surface area (Å²) in [6.45, 7) is 10.3. The van der Waals surface area contributed by atoms with Gasteiger partial charge in [-0.3, -0.25) is 5.10 Å². The summed E-state index contributed by atoms with van der Waals surface area (Å²) >= 11 is 5.77. The molecule has 0 bridgehead atoms. The standard InChI is InChI=1S/C25H30FN11S/c1-15-9-21(31-22-10-16(2)33-34-22)32-24(29-15)35-7-8-36(17(3)13-35)25(38)30-18(4)19-5-6-23(27-11-19)37-14-20(26)12-28-37/h5-6,9-12,14,17-18H,7-8,13H2,1-4H3,(H,30,38)(H2,29,31,32,33,34)/t17-,18-/m0/s1. The molecule has 38 heavy (non-hydrogen) atoms. The maximum atomic E-state index is 13.3. The van der Waals surface area contributed by atoms with E-state index in [0.717, 1.165) is 48.6 Å². The van der Waals surface area contributed by atoms with E-state index in [-0.39, 0.29) is 12.1 Å². The van der Waals surface area contributed by atoms with Gasteiger partial charge in [0.2, 0.25) is 5.95 Å². The molecular weight excluding hydrogens is 505 g/mol. The molecular formula is C25H30FN11S. The zero-order chi connectivity index (χ0) is 26.8. The molecule has 1 fully saturated rings. The van der Waals surface area contributed by atoms with Gasteiger partial charge in [-0.15, -0.1) is 0 Å². The molecule has 0 spiro atoms. The molecule has 0 amide bonds. The lowest BCUT2D eigenvalue weighted by Crippen LogP contribution is -2.57. The molecule has 198 valence electrons. The van der Waals surface area contributed by atoms with Crippen LogP contribution in [0.3, 0.4) is 0 Å². The van der Waals surface area contributed by atoms with E-state index in [9.17, 15) is 4.39 Å². The van der Waals surface area contributed by atoms with Crippen LogP contribution in [-0.4, -0.2) is 70.6 Å². The van der Waals surface area contributed by atoms with Crippen LogP contribution in [0.5, 0.6) is 0 Å². The molecule has 13 heteroatoms. The van der Waals surface area contributed by atoms with Crippen LogP contribution in [0, 0.1) is 19.7 Å². The predicted octanol–water partition coefficient (Wildman–Crippen LogP) is 3.43. The third kappa shape index (κ3) is 5.72. The van der Waals surface area contributed by atoms with Crippen molar-refractivity contribution in [1.82, 2.24) is 45.1 Å². The average molecular weight is 536 g/mol. The number of nitrogens with one attached hydrogen (secondary N) is 3. The summed E-state index contributed by atoms with van der Waals surface area (Å²) in [5.74, 6) is 2.25. The van der Waals surface area contributed by atoms with Crippen molar-refractivity contribution >= 4 is 34.9 Å². The van der Waals surface area contributed by atoms with Crippen molar-refractivity contribution in [2.24, 2.45) is 0 Å². The summed E-state index contributed by atoms with van der Waals surface area (Å²) in [5, 5.41) is 18.5. The summed E-state index contributed by atoms with van der Waals surface area (Å²) in [6, 6.07) is 7.68. The fraction of sp³-hybridized carbons (Fsp3) is 0.360. The fourth-order valence-electron chi connectivity index (χ4n) is 4.38. The van der Waals surface area contributed by atoms with Gasteiger partial charge in [-0.25, -0.2) is 19.0 Å². The summed E-state index contributed by atoms with van der Waals surface area (Å²) in [4.78, 5) is 18.2. The number of aryl methyl sites for hydroxylation is 2. The Bertz CT molecular complexity index is 1420. The first kappa shape index (κ1) is 25.5. The molecule has 1 aliphatic heterocycles. The highest BCUT2D eigenvalue weighted by Gasteiger charge is 2.28. The Hall–Kier alpha value is -4.13. The van der Waals surface area contributed by atoms with Gasteiger partial charge >= 0.3 is 0 Å². The first-order valence-electron chi connectivity index (χ1n) is 12.4. The molecule has 1 aliphatic rings. The Morgan fingerprint density at radius 3 is 2.66 bits per heavy atom. The van der Waals surface area contributed by atoms with Gasteiger partial charge in [-0.05, 0) is 51.5 Å². The van der Waals surface area contributed by atoms with Crippen LogP contribution >= 0.6 is 12.2 Å². The van der Waals surface area contributed by atoms with Crippen LogP contribution in [0.4, 0.5) is 22.0 Å². The fourth-order valence-corrected chi connectivity index (χ4v) is 4.83. The number of thiocarbonyl (C=S) groups is 1. The third-order valence-electron chi connectivity index (χ3n) is 6.37. The Morgan fingerprint density at radius 2 is 2.00 bits per heavy atom. The van der Waals surface area contributed by atoms with E-state index in [1.54, 1.807) is 6.20 Å². The molecule has 0 saturated carbocycles. The smallest absolute Gasteiger partial charge is 0.227 e. The van der Waals surface area contributed by atoms with E-state index in [2.05, 4.69) is 52.6 Å².